The molecule has 1 aliphatic rings. The number of hydrogen-bond donors (Lipinski definition) is 1. The summed E-state index contributed by atoms with van der Waals surface area (Å²) in [6.45, 7) is 1.91. The van der Waals surface area contributed by atoms with Crippen LogP contribution in [0, 0.1) is 11.7 Å². The van der Waals surface area contributed by atoms with Crippen LogP contribution in [0.1, 0.15) is 31.7 Å². The molecule has 1 aromatic carbocycles. The summed E-state index contributed by atoms with van der Waals surface area (Å²) in [4.78, 5) is 0. The van der Waals surface area contributed by atoms with E-state index in [1.54, 1.807) is 18.2 Å². The Bertz CT molecular complexity index is 333. The smallest absolute Gasteiger partial charge is 0.129 e. The van der Waals surface area contributed by atoms with Gasteiger partial charge in [0.25, 0.3) is 0 Å². The van der Waals surface area contributed by atoms with E-state index in [1.807, 2.05) is 6.92 Å². The Morgan fingerprint density at radius 3 is 2.57 bits per heavy atom. The quantitative estimate of drug-likeness (QED) is 0.784. The number of benzene rings is 1. The van der Waals surface area contributed by atoms with Crippen molar-refractivity contribution in [3.05, 3.63) is 35.6 Å². The van der Waals surface area contributed by atoms with Gasteiger partial charge in [-0.05, 0) is 31.2 Å². The molecule has 76 valence electrons. The molecule has 0 bridgehead atoms. The lowest BCUT2D eigenvalue weighted by molar-refractivity contribution is 0.00556. The third-order valence-corrected chi connectivity index (χ3v) is 3.13. The third kappa shape index (κ3) is 1.44. The van der Waals surface area contributed by atoms with Crippen LogP contribution in [-0.4, -0.2) is 5.11 Å². The highest BCUT2D eigenvalue weighted by Crippen LogP contribution is 2.48. The molecule has 1 aliphatic carbocycles. The lowest BCUT2D eigenvalue weighted by Crippen LogP contribution is -2.28. The topological polar surface area (TPSA) is 20.2 Å². The molecule has 0 aliphatic heterocycles. The van der Waals surface area contributed by atoms with Crippen molar-refractivity contribution in [2.24, 2.45) is 5.92 Å². The first-order valence-corrected chi connectivity index (χ1v) is 5.16. The van der Waals surface area contributed by atoms with E-state index in [9.17, 15) is 9.50 Å². The van der Waals surface area contributed by atoms with Gasteiger partial charge in [0.15, 0.2) is 0 Å². The first-order valence-electron chi connectivity index (χ1n) is 5.16. The summed E-state index contributed by atoms with van der Waals surface area (Å²) in [5.74, 6) is -0.0341. The molecular formula is C12H15FO. The minimum Gasteiger partial charge on any atom is -0.385 e. The summed E-state index contributed by atoms with van der Waals surface area (Å²) in [5, 5.41) is 10.4. The highest BCUT2D eigenvalue weighted by atomic mass is 19.1. The number of aliphatic hydroxyl groups is 1. The average Bonchev–Trinajstić information content (AvgIpc) is 3.01. The monoisotopic (exact) mass is 194 g/mol. The lowest BCUT2D eigenvalue weighted by Gasteiger charge is -2.27. The Morgan fingerprint density at radius 1 is 1.43 bits per heavy atom. The maximum Gasteiger partial charge on any atom is 0.129 e. The third-order valence-electron chi connectivity index (χ3n) is 3.13. The summed E-state index contributed by atoms with van der Waals surface area (Å²) >= 11 is 0. The largest absolute Gasteiger partial charge is 0.385 e. The van der Waals surface area contributed by atoms with Crippen molar-refractivity contribution >= 4 is 0 Å². The molecule has 0 radical (unpaired) electrons. The zero-order valence-corrected chi connectivity index (χ0v) is 8.33. The van der Waals surface area contributed by atoms with Gasteiger partial charge in [0.1, 0.15) is 5.82 Å². The predicted molar refractivity (Wildman–Crippen MR) is 53.3 cm³/mol. The fourth-order valence-electron chi connectivity index (χ4n) is 2.07. The van der Waals surface area contributed by atoms with Crippen LogP contribution in [0.25, 0.3) is 0 Å². The standard InChI is InChI=1S/C12H15FO/c1-2-12(14,9-7-8-9)10-5-3-4-6-11(10)13/h3-6,9,14H,2,7-8H2,1H3. The van der Waals surface area contributed by atoms with Gasteiger partial charge in [-0.25, -0.2) is 4.39 Å². The van der Waals surface area contributed by atoms with E-state index in [2.05, 4.69) is 0 Å². The summed E-state index contributed by atoms with van der Waals surface area (Å²) in [5.41, 5.74) is -0.476. The van der Waals surface area contributed by atoms with Crippen LogP contribution >= 0.6 is 0 Å². The van der Waals surface area contributed by atoms with Crippen molar-refractivity contribution in [2.75, 3.05) is 0 Å². The minimum absolute atomic E-state index is 0.254. The van der Waals surface area contributed by atoms with E-state index in [1.165, 1.54) is 6.07 Å². The predicted octanol–water partition coefficient (Wildman–Crippen LogP) is 2.83. The molecule has 1 nitrogen and oxygen atoms in total. The molecule has 1 N–H and O–H groups in total. The fourth-order valence-corrected chi connectivity index (χ4v) is 2.07. The molecule has 2 heteroatoms. The molecule has 1 saturated carbocycles. The van der Waals surface area contributed by atoms with Gasteiger partial charge in [-0.1, -0.05) is 25.1 Å². The van der Waals surface area contributed by atoms with Gasteiger partial charge in [-0.2, -0.15) is 0 Å². The minimum atomic E-state index is -0.939. The molecule has 1 atom stereocenters. The first kappa shape index (κ1) is 9.66. The summed E-state index contributed by atoms with van der Waals surface area (Å²) in [6.07, 6.45) is 2.61. The van der Waals surface area contributed by atoms with Crippen LogP contribution in [0.3, 0.4) is 0 Å². The van der Waals surface area contributed by atoms with E-state index >= 15 is 0 Å². The van der Waals surface area contributed by atoms with Gasteiger partial charge in [0, 0.05) is 5.56 Å². The lowest BCUT2D eigenvalue weighted by atomic mass is 9.86. The van der Waals surface area contributed by atoms with Gasteiger partial charge in [0.05, 0.1) is 5.60 Å². The SMILES string of the molecule is CCC(O)(c1ccccc1F)C1CC1. The maximum absolute atomic E-state index is 13.5. The van der Waals surface area contributed by atoms with Gasteiger partial charge in [-0.15, -0.1) is 0 Å². The van der Waals surface area contributed by atoms with Gasteiger partial charge in [0.2, 0.25) is 0 Å². The second-order valence-electron chi connectivity index (χ2n) is 4.03. The first-order chi connectivity index (χ1) is 6.68. The van der Waals surface area contributed by atoms with Gasteiger partial charge >= 0.3 is 0 Å². The summed E-state index contributed by atoms with van der Waals surface area (Å²) < 4.78 is 13.5. The molecule has 0 saturated heterocycles. The molecular weight excluding hydrogens is 179 g/mol. The molecule has 0 heterocycles. The van der Waals surface area contributed by atoms with E-state index in [-0.39, 0.29) is 11.7 Å². The zero-order valence-electron chi connectivity index (χ0n) is 8.33. The highest BCUT2D eigenvalue weighted by molar-refractivity contribution is 5.26. The van der Waals surface area contributed by atoms with Crippen LogP contribution in [0.4, 0.5) is 4.39 Å². The van der Waals surface area contributed by atoms with Gasteiger partial charge < -0.3 is 5.11 Å². The Hall–Kier alpha value is -0.890. The van der Waals surface area contributed by atoms with Crippen LogP contribution in [0.15, 0.2) is 24.3 Å². The van der Waals surface area contributed by atoms with Crippen molar-refractivity contribution in [3.8, 4) is 0 Å². The van der Waals surface area contributed by atoms with Crippen molar-refractivity contribution < 1.29 is 9.50 Å². The van der Waals surface area contributed by atoms with Crippen LogP contribution in [-0.2, 0) is 5.60 Å². The summed E-state index contributed by atoms with van der Waals surface area (Å²) in [6, 6.07) is 6.54. The Labute approximate surface area is 83.6 Å². The molecule has 1 fully saturated rings. The average molecular weight is 194 g/mol. The number of hydrogen-bond acceptors (Lipinski definition) is 1. The second kappa shape index (κ2) is 3.35. The summed E-state index contributed by atoms with van der Waals surface area (Å²) in [7, 11) is 0. The van der Waals surface area contributed by atoms with Crippen molar-refractivity contribution in [1.82, 2.24) is 0 Å². The second-order valence-corrected chi connectivity index (χ2v) is 4.03. The van der Waals surface area contributed by atoms with E-state index in [4.69, 9.17) is 0 Å². The Kier molecular flexibility index (Phi) is 2.31. The number of halogens is 1. The van der Waals surface area contributed by atoms with Gasteiger partial charge in [-0.3, -0.25) is 0 Å². The maximum atomic E-state index is 13.5. The van der Waals surface area contributed by atoms with Crippen LogP contribution in [0.5, 0.6) is 0 Å². The normalized spacial score (nSPS) is 20.5. The van der Waals surface area contributed by atoms with E-state index < -0.39 is 5.60 Å². The molecule has 1 unspecified atom stereocenters. The number of rotatable bonds is 3. The van der Waals surface area contributed by atoms with Crippen molar-refractivity contribution in [1.29, 1.82) is 0 Å². The van der Waals surface area contributed by atoms with E-state index in [0.717, 1.165) is 12.8 Å². The molecule has 2 rings (SSSR count). The van der Waals surface area contributed by atoms with Crippen molar-refractivity contribution in [2.45, 2.75) is 31.8 Å². The Morgan fingerprint density at radius 2 is 2.07 bits per heavy atom. The molecule has 0 aromatic heterocycles. The zero-order chi connectivity index (χ0) is 10.2. The van der Waals surface area contributed by atoms with Crippen molar-refractivity contribution in [3.63, 3.8) is 0 Å². The van der Waals surface area contributed by atoms with E-state index in [0.29, 0.717) is 12.0 Å². The molecule has 14 heavy (non-hydrogen) atoms. The molecule has 1 aromatic rings. The van der Waals surface area contributed by atoms with Crippen LogP contribution < -0.4 is 0 Å². The fraction of sp³-hybridized carbons (Fsp3) is 0.500. The van der Waals surface area contributed by atoms with Crippen LogP contribution in [0.2, 0.25) is 0 Å². The molecule has 0 amide bonds. The highest BCUT2D eigenvalue weighted by Gasteiger charge is 2.44. The molecule has 0 spiro atoms. The Balaban J connectivity index is 2.40.